The quantitative estimate of drug-likeness (QED) is 0.890. The van der Waals surface area contributed by atoms with Crippen molar-refractivity contribution in [2.24, 2.45) is 0 Å². The number of nitrogens with zero attached hydrogens (tertiary/aromatic N) is 1. The van der Waals surface area contributed by atoms with Crippen LogP contribution in [0.3, 0.4) is 0 Å². The third-order valence-electron chi connectivity index (χ3n) is 2.51. The molecule has 1 heterocycles. The second-order valence-corrected chi connectivity index (χ2v) is 4.07. The topological polar surface area (TPSA) is 63.2 Å². The van der Waals surface area contributed by atoms with E-state index in [2.05, 4.69) is 20.4 Å². The molecule has 5 nitrogen and oxygen atoms in total. The Bertz CT molecular complexity index is 577. The van der Waals surface area contributed by atoms with Crippen LogP contribution in [0.25, 0.3) is 0 Å². The molecule has 0 aliphatic carbocycles. The number of aromatic nitrogens is 1. The number of rotatable bonds is 5. The van der Waals surface area contributed by atoms with Gasteiger partial charge >= 0.3 is 12.6 Å². The fraction of sp³-hybridized carbons (Fsp3) is 0.143. The van der Waals surface area contributed by atoms with E-state index < -0.39 is 12.6 Å². The number of halogens is 2. The van der Waals surface area contributed by atoms with Crippen molar-refractivity contribution in [2.75, 3.05) is 5.32 Å². The molecule has 0 saturated carbocycles. The number of carbonyl (C=O) groups is 1. The van der Waals surface area contributed by atoms with Crippen LogP contribution in [0.1, 0.15) is 5.56 Å². The third kappa shape index (κ3) is 5.06. The summed E-state index contributed by atoms with van der Waals surface area (Å²) in [5.74, 6) is 0.0336. The van der Waals surface area contributed by atoms with Gasteiger partial charge in [-0.25, -0.2) is 4.79 Å². The molecule has 2 amide bonds. The van der Waals surface area contributed by atoms with E-state index in [1.165, 1.54) is 24.3 Å². The number of nitrogens with one attached hydrogen (secondary N) is 2. The lowest BCUT2D eigenvalue weighted by atomic mass is 10.3. The molecule has 0 radical (unpaired) electrons. The van der Waals surface area contributed by atoms with Gasteiger partial charge < -0.3 is 15.4 Å². The van der Waals surface area contributed by atoms with Gasteiger partial charge in [-0.1, -0.05) is 6.07 Å². The first-order valence-electron chi connectivity index (χ1n) is 6.12. The lowest BCUT2D eigenvalue weighted by Gasteiger charge is -2.09. The van der Waals surface area contributed by atoms with E-state index in [0.717, 1.165) is 5.56 Å². The summed E-state index contributed by atoms with van der Waals surface area (Å²) in [6.45, 7) is -2.53. The Morgan fingerprint density at radius 2 is 2.00 bits per heavy atom. The molecule has 0 aliphatic heterocycles. The van der Waals surface area contributed by atoms with E-state index in [1.807, 2.05) is 6.07 Å². The van der Waals surface area contributed by atoms with Crippen molar-refractivity contribution in [2.45, 2.75) is 13.2 Å². The van der Waals surface area contributed by atoms with Gasteiger partial charge in [0, 0.05) is 24.6 Å². The second kappa shape index (κ2) is 7.18. The molecule has 0 spiro atoms. The maximum atomic E-state index is 12.0. The van der Waals surface area contributed by atoms with Crippen LogP contribution in [0.5, 0.6) is 5.75 Å². The van der Waals surface area contributed by atoms with Crippen molar-refractivity contribution in [1.82, 2.24) is 10.3 Å². The van der Waals surface area contributed by atoms with Gasteiger partial charge in [0.1, 0.15) is 5.75 Å². The van der Waals surface area contributed by atoms with E-state index in [4.69, 9.17) is 0 Å². The highest BCUT2D eigenvalue weighted by Crippen LogP contribution is 2.17. The highest BCUT2D eigenvalue weighted by atomic mass is 19.3. The fourth-order valence-corrected chi connectivity index (χ4v) is 1.58. The molecule has 7 heteroatoms. The Labute approximate surface area is 120 Å². The number of hydrogen-bond acceptors (Lipinski definition) is 3. The van der Waals surface area contributed by atoms with Crippen LogP contribution in [0.2, 0.25) is 0 Å². The Balaban J connectivity index is 1.82. The number of carbonyl (C=O) groups excluding carboxylic acids is 1. The van der Waals surface area contributed by atoms with E-state index >= 15 is 0 Å². The summed E-state index contributed by atoms with van der Waals surface area (Å²) in [7, 11) is 0. The number of anilines is 1. The molecular weight excluding hydrogens is 280 g/mol. The molecule has 0 saturated heterocycles. The Kier molecular flexibility index (Phi) is 5.03. The van der Waals surface area contributed by atoms with E-state index in [0.29, 0.717) is 12.2 Å². The van der Waals surface area contributed by atoms with Crippen LogP contribution < -0.4 is 15.4 Å². The van der Waals surface area contributed by atoms with Crippen molar-refractivity contribution in [3.8, 4) is 5.75 Å². The smallest absolute Gasteiger partial charge is 0.387 e. The molecule has 0 atom stereocenters. The first-order chi connectivity index (χ1) is 10.1. The second-order valence-electron chi connectivity index (χ2n) is 4.07. The molecule has 0 bridgehead atoms. The zero-order valence-corrected chi connectivity index (χ0v) is 10.9. The molecule has 2 rings (SSSR count). The van der Waals surface area contributed by atoms with Gasteiger partial charge in [0.25, 0.3) is 0 Å². The lowest BCUT2D eigenvalue weighted by molar-refractivity contribution is -0.0498. The van der Waals surface area contributed by atoms with Crippen molar-refractivity contribution >= 4 is 11.7 Å². The van der Waals surface area contributed by atoms with Gasteiger partial charge in [-0.15, -0.1) is 0 Å². The van der Waals surface area contributed by atoms with Crippen molar-refractivity contribution in [3.05, 3.63) is 54.4 Å². The normalized spacial score (nSPS) is 10.2. The largest absolute Gasteiger partial charge is 0.435 e. The highest BCUT2D eigenvalue weighted by Gasteiger charge is 2.05. The van der Waals surface area contributed by atoms with E-state index in [-0.39, 0.29) is 5.75 Å². The standard InChI is InChI=1S/C14H13F2N3O2/c15-13(16)21-12-5-3-11(4-6-12)19-14(20)18-9-10-2-1-7-17-8-10/h1-8,13H,9H2,(H2,18,19,20). The molecular formula is C14H13F2N3O2. The van der Waals surface area contributed by atoms with Crippen LogP contribution in [0.15, 0.2) is 48.8 Å². The average Bonchev–Trinajstić information content (AvgIpc) is 2.48. The van der Waals surface area contributed by atoms with Crippen molar-refractivity contribution < 1.29 is 18.3 Å². The van der Waals surface area contributed by atoms with Gasteiger partial charge in [-0.3, -0.25) is 4.98 Å². The number of amides is 2. The van der Waals surface area contributed by atoms with Gasteiger partial charge in [-0.05, 0) is 35.9 Å². The van der Waals surface area contributed by atoms with Gasteiger partial charge in [-0.2, -0.15) is 8.78 Å². The van der Waals surface area contributed by atoms with Crippen LogP contribution >= 0.6 is 0 Å². The summed E-state index contributed by atoms with van der Waals surface area (Å²) < 4.78 is 28.2. The SMILES string of the molecule is O=C(NCc1cccnc1)Nc1ccc(OC(F)F)cc1. The molecule has 110 valence electrons. The molecule has 0 aliphatic rings. The summed E-state index contributed by atoms with van der Waals surface area (Å²) in [5.41, 5.74) is 1.34. The first-order valence-corrected chi connectivity index (χ1v) is 6.12. The van der Waals surface area contributed by atoms with Gasteiger partial charge in [0.15, 0.2) is 0 Å². The van der Waals surface area contributed by atoms with Gasteiger partial charge in [0.05, 0.1) is 0 Å². The molecule has 0 fully saturated rings. The zero-order valence-electron chi connectivity index (χ0n) is 10.9. The molecule has 21 heavy (non-hydrogen) atoms. The predicted octanol–water partition coefficient (Wildman–Crippen LogP) is 3.00. The molecule has 2 N–H and O–H groups in total. The maximum Gasteiger partial charge on any atom is 0.387 e. The average molecular weight is 293 g/mol. The lowest BCUT2D eigenvalue weighted by Crippen LogP contribution is -2.28. The maximum absolute atomic E-state index is 12.0. The van der Waals surface area contributed by atoms with Crippen LogP contribution in [-0.4, -0.2) is 17.6 Å². The van der Waals surface area contributed by atoms with E-state index in [9.17, 15) is 13.6 Å². The number of benzene rings is 1. The number of hydrogen-bond donors (Lipinski definition) is 2. The zero-order chi connectivity index (χ0) is 15.1. The van der Waals surface area contributed by atoms with Crippen LogP contribution in [0.4, 0.5) is 19.3 Å². The highest BCUT2D eigenvalue weighted by molar-refractivity contribution is 5.89. The monoisotopic (exact) mass is 293 g/mol. The Hall–Kier alpha value is -2.70. The van der Waals surface area contributed by atoms with Crippen LogP contribution in [-0.2, 0) is 6.54 Å². The first kappa shape index (κ1) is 14.7. The summed E-state index contributed by atoms with van der Waals surface area (Å²) >= 11 is 0. The van der Waals surface area contributed by atoms with Crippen molar-refractivity contribution in [3.63, 3.8) is 0 Å². The minimum absolute atomic E-state index is 0.0336. The number of urea groups is 1. The predicted molar refractivity (Wildman–Crippen MR) is 73.2 cm³/mol. The fourth-order valence-electron chi connectivity index (χ4n) is 1.58. The Morgan fingerprint density at radius 1 is 1.24 bits per heavy atom. The summed E-state index contributed by atoms with van der Waals surface area (Å²) in [6, 6.07) is 8.86. The third-order valence-corrected chi connectivity index (χ3v) is 2.51. The molecule has 2 aromatic rings. The summed E-state index contributed by atoms with van der Waals surface area (Å²) in [4.78, 5) is 15.6. The summed E-state index contributed by atoms with van der Waals surface area (Å²) in [5, 5.41) is 5.23. The minimum Gasteiger partial charge on any atom is -0.435 e. The number of ether oxygens (including phenoxy) is 1. The number of pyridine rings is 1. The number of alkyl halides is 2. The van der Waals surface area contributed by atoms with Crippen LogP contribution in [0, 0.1) is 0 Å². The minimum atomic E-state index is -2.87. The molecule has 0 unspecified atom stereocenters. The summed E-state index contributed by atoms with van der Waals surface area (Å²) in [6.07, 6.45) is 3.29. The van der Waals surface area contributed by atoms with E-state index in [1.54, 1.807) is 18.5 Å². The molecule has 1 aromatic carbocycles. The van der Waals surface area contributed by atoms with Gasteiger partial charge in [0.2, 0.25) is 0 Å². The van der Waals surface area contributed by atoms with Crippen molar-refractivity contribution in [1.29, 1.82) is 0 Å². The Morgan fingerprint density at radius 3 is 2.62 bits per heavy atom. The molecule has 1 aromatic heterocycles.